The van der Waals surface area contributed by atoms with Crippen LogP contribution >= 0.6 is 31.9 Å². The number of methoxy groups -OCH3 is 1. The molecule has 0 unspecified atom stereocenters. The van der Waals surface area contributed by atoms with E-state index in [-0.39, 0.29) is 17.2 Å². The van der Waals surface area contributed by atoms with Crippen LogP contribution in [0.1, 0.15) is 85.8 Å². The first-order valence-electron chi connectivity index (χ1n) is 17.2. The molecule has 1 aliphatic heterocycles. The fourth-order valence-electron chi connectivity index (χ4n) is 5.08. The molecule has 0 spiro atoms. The molecule has 1 fully saturated rings. The van der Waals surface area contributed by atoms with Crippen molar-refractivity contribution >= 4 is 67.7 Å². The lowest BCUT2D eigenvalue weighted by Gasteiger charge is -2.32. The molecule has 4 heterocycles. The van der Waals surface area contributed by atoms with Crippen molar-refractivity contribution in [2.75, 3.05) is 7.11 Å². The van der Waals surface area contributed by atoms with Crippen molar-refractivity contribution in [3.05, 3.63) is 123 Å². The number of hydrogen-bond acceptors (Lipinski definition) is 9. The molecule has 0 amide bonds. The fourth-order valence-corrected chi connectivity index (χ4v) is 5.65. The highest BCUT2D eigenvalue weighted by Crippen LogP contribution is 2.37. The van der Waals surface area contributed by atoms with E-state index < -0.39 is 12.5 Å². The van der Waals surface area contributed by atoms with E-state index in [9.17, 15) is 9.59 Å². The number of aryl methyl sites for hydroxylation is 2. The molecule has 1 aliphatic rings. The van der Waals surface area contributed by atoms with Crippen LogP contribution in [0.4, 0.5) is 0 Å². The van der Waals surface area contributed by atoms with Crippen LogP contribution in [0.5, 0.6) is 0 Å². The van der Waals surface area contributed by atoms with Crippen molar-refractivity contribution in [2.24, 2.45) is 5.73 Å². The van der Waals surface area contributed by atoms with E-state index in [1.807, 2.05) is 135 Å². The number of aldehydes is 1. The van der Waals surface area contributed by atoms with Crippen LogP contribution in [0.25, 0.3) is 11.0 Å². The number of nitrogens with zero attached hydrogens (tertiary/aromatic N) is 2. The van der Waals surface area contributed by atoms with Crippen molar-refractivity contribution in [3.63, 3.8) is 0 Å². The zero-order valence-corrected chi connectivity index (χ0v) is 35.4. The maximum absolute atomic E-state index is 12.0. The highest BCUT2D eigenvalue weighted by atomic mass is 79.9. The van der Waals surface area contributed by atoms with Crippen molar-refractivity contribution in [2.45, 2.75) is 90.8 Å². The number of ether oxygens (including phenoxy) is 1. The summed E-state index contributed by atoms with van der Waals surface area (Å²) in [5.41, 5.74) is 10.8. The number of aromatic nitrogens is 2. The number of carbonyl (C=O) groups is 2. The monoisotopic (exact) mass is 849 g/mol. The second-order valence-corrected chi connectivity index (χ2v) is 15.5. The van der Waals surface area contributed by atoms with Crippen molar-refractivity contribution in [3.8, 4) is 0 Å². The predicted octanol–water partition coefficient (Wildman–Crippen LogP) is 8.89. The van der Waals surface area contributed by atoms with Gasteiger partial charge in [0.15, 0.2) is 6.29 Å². The second-order valence-electron chi connectivity index (χ2n) is 14.0. The number of benzene rings is 2. The molecule has 2 N–H and O–H groups in total. The number of furan rings is 1. The normalized spacial score (nSPS) is 14.2. The average molecular weight is 851 g/mol. The van der Waals surface area contributed by atoms with Crippen LogP contribution < -0.4 is 11.2 Å². The lowest BCUT2D eigenvalue weighted by molar-refractivity contribution is -0.146. The van der Waals surface area contributed by atoms with E-state index in [0.717, 1.165) is 55.4 Å². The molecule has 9 nitrogen and oxygen atoms in total. The van der Waals surface area contributed by atoms with Crippen molar-refractivity contribution in [1.29, 1.82) is 0 Å². The third kappa shape index (κ3) is 11.4. The molecule has 0 radical (unpaired) electrons. The van der Waals surface area contributed by atoms with Gasteiger partial charge in [-0.25, -0.2) is 0 Å². The predicted molar refractivity (Wildman–Crippen MR) is 220 cm³/mol. The molecule has 3 aromatic heterocycles. The summed E-state index contributed by atoms with van der Waals surface area (Å²) >= 11 is 6.61. The zero-order chi connectivity index (χ0) is 39.6. The van der Waals surface area contributed by atoms with Crippen molar-refractivity contribution in [1.82, 2.24) is 9.97 Å². The number of nitrogens with two attached hydrogens (primary N) is 1. The summed E-state index contributed by atoms with van der Waals surface area (Å²) in [5.74, 6) is 1.69. The Morgan fingerprint density at radius 2 is 1.60 bits per heavy atom. The number of pyridine rings is 2. The summed E-state index contributed by atoms with van der Waals surface area (Å²) in [5, 5.41) is 0.806. The summed E-state index contributed by atoms with van der Waals surface area (Å²) < 4.78 is 23.3. The molecule has 12 heteroatoms. The minimum absolute atomic E-state index is 0.265. The van der Waals surface area contributed by atoms with Crippen LogP contribution in [0.15, 0.2) is 87.9 Å². The van der Waals surface area contributed by atoms with Crippen LogP contribution in [0, 0.1) is 20.8 Å². The van der Waals surface area contributed by atoms with Gasteiger partial charge in [0.05, 0.1) is 40.1 Å². The fraction of sp³-hybridized carbons (Fsp3) is 0.366. The first kappa shape index (κ1) is 43.7. The molecule has 2 aromatic carbocycles. The number of rotatable bonds is 6. The lowest BCUT2D eigenvalue weighted by Crippen LogP contribution is -2.41. The molecule has 0 atom stereocenters. The van der Waals surface area contributed by atoms with Gasteiger partial charge in [-0.15, -0.1) is 0 Å². The van der Waals surface area contributed by atoms with Gasteiger partial charge in [0.25, 0.3) is 0 Å². The van der Waals surface area contributed by atoms with Gasteiger partial charge in [-0.1, -0.05) is 68.3 Å². The van der Waals surface area contributed by atoms with Gasteiger partial charge >= 0.3 is 13.1 Å². The molecule has 6 rings (SSSR count). The minimum Gasteiger partial charge on any atom is -0.468 e. The third-order valence-electron chi connectivity index (χ3n) is 9.30. The maximum atomic E-state index is 12.0. The van der Waals surface area contributed by atoms with Gasteiger partial charge in [-0.3, -0.25) is 19.6 Å². The number of alkyl halides is 1. The Morgan fingerprint density at radius 3 is 2.11 bits per heavy atom. The Bertz CT molecular complexity index is 1960. The Morgan fingerprint density at radius 1 is 0.962 bits per heavy atom. The van der Waals surface area contributed by atoms with Crippen LogP contribution in [-0.4, -0.2) is 47.7 Å². The Kier molecular flexibility index (Phi) is 15.7. The van der Waals surface area contributed by atoms with E-state index >= 15 is 0 Å². The van der Waals surface area contributed by atoms with Gasteiger partial charge in [0.2, 0.25) is 0 Å². The van der Waals surface area contributed by atoms with Crippen LogP contribution in [0.2, 0.25) is 0 Å². The molecular formula is C41H50BBr2N3O6. The van der Waals surface area contributed by atoms with E-state index in [1.54, 1.807) is 6.20 Å². The van der Waals surface area contributed by atoms with Crippen LogP contribution in [0.3, 0.4) is 0 Å². The summed E-state index contributed by atoms with van der Waals surface area (Å²) in [6.45, 7) is 18.1. The number of fused-ring (bicyclic) bond motifs is 1. The molecule has 0 aliphatic carbocycles. The lowest BCUT2D eigenvalue weighted by atomic mass is 9.75. The third-order valence-corrected chi connectivity index (χ3v) is 10.4. The molecule has 0 bridgehead atoms. The highest BCUT2D eigenvalue weighted by Gasteiger charge is 2.51. The van der Waals surface area contributed by atoms with Crippen molar-refractivity contribution < 1.29 is 28.1 Å². The quantitative estimate of drug-likeness (QED) is 0.0772. The SMILES string of the molecule is COC(=O)C(C)(C)c1cccc(B2OC(C)(C)C(C)(C)O2)c1.Cc1ccc(CBr)o1.Cc1nc2cccnc2c(C=O)c1C.NCc1ccc(Br)cc1. The second kappa shape index (κ2) is 19.1. The first-order valence-corrected chi connectivity index (χ1v) is 19.1. The Balaban J connectivity index is 0.000000207. The Hall–Kier alpha value is -3.68. The van der Waals surface area contributed by atoms with Gasteiger partial charge in [-0.2, -0.15) is 0 Å². The van der Waals surface area contributed by atoms with Gasteiger partial charge in [0.1, 0.15) is 11.5 Å². The number of esters is 1. The molecule has 53 heavy (non-hydrogen) atoms. The average Bonchev–Trinajstić information content (AvgIpc) is 3.67. The molecular weight excluding hydrogens is 801 g/mol. The summed E-state index contributed by atoms with van der Waals surface area (Å²) in [6, 6.07) is 23.3. The number of hydrogen-bond donors (Lipinski definition) is 1. The molecule has 5 aromatic rings. The molecule has 1 saturated heterocycles. The smallest absolute Gasteiger partial charge is 0.468 e. The van der Waals surface area contributed by atoms with Gasteiger partial charge < -0.3 is 24.2 Å². The summed E-state index contributed by atoms with van der Waals surface area (Å²) in [6.07, 6.45) is 2.52. The number of halogens is 2. The number of carbonyl (C=O) groups excluding carboxylic acids is 2. The van der Waals surface area contributed by atoms with E-state index in [2.05, 4.69) is 41.8 Å². The maximum Gasteiger partial charge on any atom is 0.494 e. The van der Waals surface area contributed by atoms with E-state index in [4.69, 9.17) is 24.2 Å². The summed E-state index contributed by atoms with van der Waals surface area (Å²) in [4.78, 5) is 31.4. The first-order chi connectivity index (χ1) is 24.9. The Labute approximate surface area is 330 Å². The zero-order valence-electron chi connectivity index (χ0n) is 32.3. The summed E-state index contributed by atoms with van der Waals surface area (Å²) in [7, 11) is 0.973. The van der Waals surface area contributed by atoms with E-state index in [0.29, 0.717) is 17.6 Å². The van der Waals surface area contributed by atoms with Gasteiger partial charge in [0, 0.05) is 28.5 Å². The topological polar surface area (TPSA) is 127 Å². The largest absolute Gasteiger partial charge is 0.494 e. The minimum atomic E-state index is -0.714. The van der Waals surface area contributed by atoms with Gasteiger partial charge in [-0.05, 0) is 121 Å². The standard InChI is InChI=1S/C17H25BO4.C11H10N2O.C7H8BrN.C6H7BrO/c1-15(2,14(19)20-7)12-9-8-10-13(11-12)18-21-16(3,4)17(5,6)22-18;1-7-8(2)13-10-4-3-5-12-11(10)9(7)6-14;8-7-3-1-6(5-9)2-4-7;1-5-2-3-6(4-7)8-5/h8-11H,1-7H3;3-6H,1-2H3;1-4H,5,9H2;2-3H,4H2,1H3. The molecule has 282 valence electrons. The van der Waals surface area contributed by atoms with Crippen LogP contribution in [-0.2, 0) is 36.1 Å². The highest BCUT2D eigenvalue weighted by molar-refractivity contribution is 9.10. The van der Waals surface area contributed by atoms with E-state index in [1.165, 1.54) is 12.7 Å². The molecule has 0 saturated carbocycles.